The number of furan rings is 1. The van der Waals surface area contributed by atoms with E-state index >= 15 is 0 Å². The number of anilines is 1. The lowest BCUT2D eigenvalue weighted by Crippen LogP contribution is -2.38. The van der Waals surface area contributed by atoms with Gasteiger partial charge in [0.2, 0.25) is 0 Å². The lowest BCUT2D eigenvalue weighted by atomic mass is 9.87. The fraction of sp³-hybridized carbons (Fsp3) is 0.400. The van der Waals surface area contributed by atoms with Crippen molar-refractivity contribution < 1.29 is 14.0 Å². The molecule has 1 aliphatic rings. The number of rotatable bonds is 4. The van der Waals surface area contributed by atoms with Crippen molar-refractivity contribution in [2.75, 3.05) is 11.9 Å². The largest absolute Gasteiger partial charge is 0.444 e. The first-order valence-electron chi connectivity index (χ1n) is 8.89. The summed E-state index contributed by atoms with van der Waals surface area (Å²) >= 11 is 3.20. The minimum Gasteiger partial charge on any atom is -0.444 e. The number of para-hydroxylation sites is 1. The summed E-state index contributed by atoms with van der Waals surface area (Å²) in [6, 6.07) is 10.6. The van der Waals surface area contributed by atoms with Crippen molar-refractivity contribution in [2.24, 2.45) is 5.92 Å². The second-order valence-electron chi connectivity index (χ2n) is 6.92. The summed E-state index contributed by atoms with van der Waals surface area (Å²) in [5.41, 5.74) is 1.05. The van der Waals surface area contributed by atoms with Gasteiger partial charge in [0.05, 0.1) is 11.3 Å². The highest BCUT2D eigenvalue weighted by atomic mass is 79.9. The molecule has 1 N–H and O–H groups in total. The Bertz CT molecular complexity index is 794. The van der Waals surface area contributed by atoms with Gasteiger partial charge in [-0.2, -0.15) is 0 Å². The molecule has 5 nitrogen and oxygen atoms in total. The van der Waals surface area contributed by atoms with Gasteiger partial charge in [-0.1, -0.05) is 19.1 Å². The monoisotopic (exact) mass is 418 g/mol. The number of halogens is 1. The van der Waals surface area contributed by atoms with Crippen molar-refractivity contribution >= 4 is 33.4 Å². The lowest BCUT2D eigenvalue weighted by Gasteiger charge is -2.27. The summed E-state index contributed by atoms with van der Waals surface area (Å²) in [6.45, 7) is 2.25. The Morgan fingerprint density at radius 2 is 1.81 bits per heavy atom. The molecular formula is C20H23BrN2O3. The Hall–Kier alpha value is -2.08. The highest BCUT2D eigenvalue weighted by Gasteiger charge is 2.24. The summed E-state index contributed by atoms with van der Waals surface area (Å²) in [5, 5.41) is 3.13. The van der Waals surface area contributed by atoms with E-state index in [0.717, 1.165) is 31.6 Å². The number of benzene rings is 1. The van der Waals surface area contributed by atoms with Crippen LogP contribution in [-0.2, 0) is 0 Å². The molecule has 26 heavy (non-hydrogen) atoms. The fourth-order valence-electron chi connectivity index (χ4n) is 3.33. The van der Waals surface area contributed by atoms with E-state index in [1.54, 1.807) is 31.3 Å². The molecule has 3 rings (SSSR count). The lowest BCUT2D eigenvalue weighted by molar-refractivity contribution is 0.0923. The molecule has 1 fully saturated rings. The maximum atomic E-state index is 12.8. The molecule has 1 aliphatic carbocycles. The Kier molecular flexibility index (Phi) is 5.81. The number of nitrogens with one attached hydrogen (secondary N) is 1. The van der Waals surface area contributed by atoms with E-state index < -0.39 is 0 Å². The van der Waals surface area contributed by atoms with Gasteiger partial charge in [0.1, 0.15) is 0 Å². The Labute approximate surface area is 161 Å². The molecule has 2 aromatic rings. The molecule has 2 amide bonds. The fourth-order valence-corrected chi connectivity index (χ4v) is 3.64. The molecule has 6 heteroatoms. The molecule has 1 aromatic heterocycles. The second kappa shape index (κ2) is 8.08. The van der Waals surface area contributed by atoms with Gasteiger partial charge < -0.3 is 14.6 Å². The van der Waals surface area contributed by atoms with Gasteiger partial charge in [0.15, 0.2) is 10.4 Å². The Morgan fingerprint density at radius 3 is 2.46 bits per heavy atom. The van der Waals surface area contributed by atoms with Crippen molar-refractivity contribution in [3.8, 4) is 0 Å². The van der Waals surface area contributed by atoms with Crippen molar-refractivity contribution in [2.45, 2.75) is 38.6 Å². The van der Waals surface area contributed by atoms with Crippen LogP contribution >= 0.6 is 15.9 Å². The third kappa shape index (κ3) is 4.18. The average molecular weight is 419 g/mol. The van der Waals surface area contributed by atoms with Gasteiger partial charge in [-0.25, -0.2) is 0 Å². The van der Waals surface area contributed by atoms with Crippen molar-refractivity contribution in [1.29, 1.82) is 0 Å². The molecule has 1 heterocycles. The first kappa shape index (κ1) is 18.7. The van der Waals surface area contributed by atoms with E-state index in [0.29, 0.717) is 15.9 Å². The predicted molar refractivity (Wildman–Crippen MR) is 104 cm³/mol. The predicted octanol–water partition coefficient (Wildman–Crippen LogP) is 4.63. The van der Waals surface area contributed by atoms with Crippen LogP contribution < -0.4 is 10.2 Å². The van der Waals surface area contributed by atoms with Gasteiger partial charge in [-0.15, -0.1) is 0 Å². The normalized spacial score (nSPS) is 19.8. The molecule has 0 atom stereocenters. The second-order valence-corrected chi connectivity index (χ2v) is 7.70. The minimum absolute atomic E-state index is 0.138. The summed E-state index contributed by atoms with van der Waals surface area (Å²) in [4.78, 5) is 26.9. The maximum Gasteiger partial charge on any atom is 0.293 e. The van der Waals surface area contributed by atoms with Gasteiger partial charge >= 0.3 is 0 Å². The van der Waals surface area contributed by atoms with E-state index in [1.807, 2.05) is 12.1 Å². The van der Waals surface area contributed by atoms with Crippen molar-refractivity contribution in [1.82, 2.24) is 5.32 Å². The SMILES string of the molecule is CC1CCC(NC(=O)c2ccccc2N(C)C(=O)c2ccc(Br)o2)CC1. The third-order valence-corrected chi connectivity index (χ3v) is 5.38. The molecule has 0 aliphatic heterocycles. The molecule has 0 unspecified atom stereocenters. The standard InChI is InChI=1S/C20H23BrN2O3/c1-13-7-9-14(10-8-13)22-19(24)15-5-3-4-6-16(15)23(2)20(25)17-11-12-18(21)26-17/h3-6,11-14H,7-10H2,1-2H3,(H,22,24). The molecule has 138 valence electrons. The Morgan fingerprint density at radius 1 is 1.12 bits per heavy atom. The summed E-state index contributed by atoms with van der Waals surface area (Å²) < 4.78 is 5.84. The number of carbonyl (C=O) groups excluding carboxylic acids is 2. The molecule has 0 radical (unpaired) electrons. The van der Waals surface area contributed by atoms with Crippen LogP contribution in [0.4, 0.5) is 5.69 Å². The molecular weight excluding hydrogens is 396 g/mol. The van der Waals surface area contributed by atoms with Crippen LogP contribution in [0, 0.1) is 5.92 Å². The summed E-state index contributed by atoms with van der Waals surface area (Å²) in [5.74, 6) is 0.505. The zero-order valence-electron chi connectivity index (χ0n) is 15.0. The molecule has 1 saturated carbocycles. The maximum absolute atomic E-state index is 12.8. The number of nitrogens with zero attached hydrogens (tertiary/aromatic N) is 1. The van der Waals surface area contributed by atoms with Crippen LogP contribution in [0.3, 0.4) is 0 Å². The summed E-state index contributed by atoms with van der Waals surface area (Å²) in [7, 11) is 1.65. The number of hydrogen-bond acceptors (Lipinski definition) is 3. The van der Waals surface area contributed by atoms with Crippen LogP contribution in [0.25, 0.3) is 0 Å². The van der Waals surface area contributed by atoms with Crippen LogP contribution in [0.5, 0.6) is 0 Å². The first-order valence-corrected chi connectivity index (χ1v) is 9.68. The number of amides is 2. The van der Waals surface area contributed by atoms with E-state index in [2.05, 4.69) is 28.2 Å². The molecule has 0 spiro atoms. The van der Waals surface area contributed by atoms with Crippen LogP contribution in [-0.4, -0.2) is 24.9 Å². The van der Waals surface area contributed by atoms with Gasteiger partial charge in [0, 0.05) is 13.1 Å². The smallest absolute Gasteiger partial charge is 0.293 e. The first-order chi connectivity index (χ1) is 12.5. The third-order valence-electron chi connectivity index (χ3n) is 4.95. The van der Waals surface area contributed by atoms with E-state index in [1.165, 1.54) is 4.90 Å². The highest BCUT2D eigenvalue weighted by Crippen LogP contribution is 2.26. The quantitative estimate of drug-likeness (QED) is 0.786. The topological polar surface area (TPSA) is 62.6 Å². The minimum atomic E-state index is -0.303. The van der Waals surface area contributed by atoms with Crippen LogP contribution in [0.1, 0.15) is 53.5 Å². The van der Waals surface area contributed by atoms with Crippen molar-refractivity contribution in [3.63, 3.8) is 0 Å². The molecule has 0 bridgehead atoms. The number of carbonyl (C=O) groups is 2. The molecule has 1 aromatic carbocycles. The average Bonchev–Trinajstić information content (AvgIpc) is 3.08. The zero-order valence-corrected chi connectivity index (χ0v) is 16.6. The van der Waals surface area contributed by atoms with Crippen LogP contribution in [0.2, 0.25) is 0 Å². The van der Waals surface area contributed by atoms with Crippen molar-refractivity contribution in [3.05, 3.63) is 52.4 Å². The van der Waals surface area contributed by atoms with Crippen LogP contribution in [0.15, 0.2) is 45.5 Å². The summed E-state index contributed by atoms with van der Waals surface area (Å²) in [6.07, 6.45) is 4.28. The van der Waals surface area contributed by atoms with Gasteiger partial charge in [-0.05, 0) is 71.8 Å². The zero-order chi connectivity index (χ0) is 18.7. The highest BCUT2D eigenvalue weighted by molar-refractivity contribution is 9.10. The molecule has 0 saturated heterocycles. The van der Waals surface area contributed by atoms with E-state index in [-0.39, 0.29) is 23.6 Å². The van der Waals surface area contributed by atoms with Gasteiger partial charge in [0.25, 0.3) is 11.8 Å². The Balaban J connectivity index is 1.76. The number of hydrogen-bond donors (Lipinski definition) is 1. The van der Waals surface area contributed by atoms with E-state index in [4.69, 9.17) is 4.42 Å². The van der Waals surface area contributed by atoms with Gasteiger partial charge in [-0.3, -0.25) is 9.59 Å². The van der Waals surface area contributed by atoms with E-state index in [9.17, 15) is 9.59 Å².